The number of ether oxygens (including phenoxy) is 2. The third kappa shape index (κ3) is 4.66. The van der Waals surface area contributed by atoms with Crippen LogP contribution >= 0.6 is 0 Å². The normalized spacial score (nSPS) is 22.7. The Bertz CT molecular complexity index is 635. The van der Waals surface area contributed by atoms with Crippen LogP contribution in [-0.2, 0) is 14.3 Å². The summed E-state index contributed by atoms with van der Waals surface area (Å²) in [6.45, 7) is 10.5. The van der Waals surface area contributed by atoms with Crippen molar-refractivity contribution in [3.8, 4) is 0 Å². The van der Waals surface area contributed by atoms with Gasteiger partial charge in [0.15, 0.2) is 0 Å². The zero-order valence-corrected chi connectivity index (χ0v) is 16.7. The van der Waals surface area contributed by atoms with Crippen LogP contribution in [0.5, 0.6) is 0 Å². The number of hydrogen-bond donors (Lipinski definition) is 0. The van der Waals surface area contributed by atoms with Crippen molar-refractivity contribution in [2.75, 3.05) is 6.61 Å². The first-order chi connectivity index (χ1) is 12.3. The van der Waals surface area contributed by atoms with E-state index >= 15 is 0 Å². The Morgan fingerprint density at radius 3 is 2.46 bits per heavy atom. The quantitative estimate of drug-likeness (QED) is 0.647. The van der Waals surface area contributed by atoms with Crippen LogP contribution in [0.3, 0.4) is 0 Å². The highest BCUT2D eigenvalue weighted by Gasteiger charge is 2.52. The Morgan fingerprint density at radius 2 is 1.85 bits per heavy atom. The molecular formula is C22H32O4. The second-order valence-corrected chi connectivity index (χ2v) is 8.35. The van der Waals surface area contributed by atoms with Crippen molar-refractivity contribution >= 4 is 11.9 Å². The molecule has 144 valence electrons. The molecule has 1 aliphatic carbocycles. The molecule has 4 heteroatoms. The van der Waals surface area contributed by atoms with Gasteiger partial charge in [0.2, 0.25) is 0 Å². The van der Waals surface area contributed by atoms with Gasteiger partial charge in [0.05, 0.1) is 12.2 Å². The van der Waals surface area contributed by atoms with E-state index in [1.54, 1.807) is 6.07 Å². The minimum absolute atomic E-state index is 0.208. The van der Waals surface area contributed by atoms with E-state index in [2.05, 4.69) is 13.8 Å². The predicted molar refractivity (Wildman–Crippen MR) is 102 cm³/mol. The van der Waals surface area contributed by atoms with E-state index < -0.39 is 11.5 Å². The monoisotopic (exact) mass is 360 g/mol. The van der Waals surface area contributed by atoms with Crippen molar-refractivity contribution in [1.82, 2.24) is 0 Å². The van der Waals surface area contributed by atoms with Gasteiger partial charge in [-0.05, 0) is 56.1 Å². The Kier molecular flexibility index (Phi) is 6.85. The summed E-state index contributed by atoms with van der Waals surface area (Å²) >= 11 is 0. The fourth-order valence-electron chi connectivity index (χ4n) is 3.87. The van der Waals surface area contributed by atoms with Gasteiger partial charge in [-0.2, -0.15) is 0 Å². The van der Waals surface area contributed by atoms with Crippen LogP contribution in [0.2, 0.25) is 0 Å². The standard InChI is InChI=1S/C22H32O4/c1-15(2)13-22(21(24)25-14-16(3)4)12-8-11-19(22)26-20(23)18-10-7-6-9-17(18)5/h6-7,9-10,15-16,19H,8,11-14H2,1-5H3. The van der Waals surface area contributed by atoms with Gasteiger partial charge in [-0.15, -0.1) is 0 Å². The molecule has 0 heterocycles. The molecule has 0 spiro atoms. The summed E-state index contributed by atoms with van der Waals surface area (Å²) in [6.07, 6.45) is 2.55. The van der Waals surface area contributed by atoms with Crippen molar-refractivity contribution in [1.29, 1.82) is 0 Å². The highest BCUT2D eigenvalue weighted by atomic mass is 16.6. The van der Waals surface area contributed by atoms with E-state index in [0.29, 0.717) is 37.4 Å². The van der Waals surface area contributed by atoms with Crippen molar-refractivity contribution in [2.24, 2.45) is 17.3 Å². The number of carbonyl (C=O) groups is 2. The molecule has 4 nitrogen and oxygen atoms in total. The molecule has 1 aliphatic rings. The summed E-state index contributed by atoms with van der Waals surface area (Å²) in [6, 6.07) is 7.39. The summed E-state index contributed by atoms with van der Waals surface area (Å²) in [5.41, 5.74) is 0.724. The lowest BCUT2D eigenvalue weighted by Crippen LogP contribution is -2.43. The van der Waals surface area contributed by atoms with Crippen LogP contribution in [0.15, 0.2) is 24.3 Å². The summed E-state index contributed by atoms with van der Waals surface area (Å²) < 4.78 is 11.5. The number of aryl methyl sites for hydroxylation is 1. The van der Waals surface area contributed by atoms with Crippen molar-refractivity contribution < 1.29 is 19.1 Å². The Hall–Kier alpha value is -1.84. The highest BCUT2D eigenvalue weighted by Crippen LogP contribution is 2.46. The molecule has 0 bridgehead atoms. The topological polar surface area (TPSA) is 52.6 Å². The second-order valence-electron chi connectivity index (χ2n) is 8.35. The van der Waals surface area contributed by atoms with E-state index in [1.807, 2.05) is 39.0 Å². The molecule has 1 fully saturated rings. The van der Waals surface area contributed by atoms with Gasteiger partial charge >= 0.3 is 11.9 Å². The summed E-state index contributed by atoms with van der Waals surface area (Å²) in [5, 5.41) is 0. The largest absolute Gasteiger partial charge is 0.465 e. The summed E-state index contributed by atoms with van der Waals surface area (Å²) in [4.78, 5) is 25.7. The summed E-state index contributed by atoms with van der Waals surface area (Å²) in [7, 11) is 0. The molecule has 2 unspecified atom stereocenters. The molecule has 0 aliphatic heterocycles. The Balaban J connectivity index is 2.22. The lowest BCUT2D eigenvalue weighted by molar-refractivity contribution is -0.164. The number of rotatable bonds is 7. The maximum Gasteiger partial charge on any atom is 0.338 e. The van der Waals surface area contributed by atoms with Crippen molar-refractivity contribution in [2.45, 2.75) is 66.4 Å². The van der Waals surface area contributed by atoms with Crippen LogP contribution < -0.4 is 0 Å². The van der Waals surface area contributed by atoms with Gasteiger partial charge < -0.3 is 9.47 Å². The van der Waals surface area contributed by atoms with Crippen molar-refractivity contribution in [3.05, 3.63) is 35.4 Å². The van der Waals surface area contributed by atoms with Gasteiger partial charge in [0, 0.05) is 0 Å². The lowest BCUT2D eigenvalue weighted by Gasteiger charge is -2.34. The smallest absolute Gasteiger partial charge is 0.338 e. The fourth-order valence-corrected chi connectivity index (χ4v) is 3.87. The molecule has 0 saturated heterocycles. The molecule has 1 aromatic rings. The third-order valence-corrected chi connectivity index (χ3v) is 5.05. The average molecular weight is 360 g/mol. The van der Waals surface area contributed by atoms with Gasteiger partial charge in [-0.1, -0.05) is 45.9 Å². The SMILES string of the molecule is Cc1ccccc1C(=O)OC1CCCC1(CC(C)C)C(=O)OCC(C)C. The van der Waals surface area contributed by atoms with Crippen LogP contribution in [0.4, 0.5) is 0 Å². The fraction of sp³-hybridized carbons (Fsp3) is 0.636. The molecular weight excluding hydrogens is 328 g/mol. The van der Waals surface area contributed by atoms with E-state index in [0.717, 1.165) is 12.0 Å². The Labute approximate surface area is 157 Å². The van der Waals surface area contributed by atoms with Crippen LogP contribution in [0, 0.1) is 24.2 Å². The number of esters is 2. The molecule has 0 N–H and O–H groups in total. The zero-order valence-electron chi connectivity index (χ0n) is 16.7. The van der Waals surface area contributed by atoms with E-state index in [9.17, 15) is 9.59 Å². The molecule has 1 aromatic carbocycles. The zero-order chi connectivity index (χ0) is 19.3. The maximum absolute atomic E-state index is 13.0. The lowest BCUT2D eigenvalue weighted by atomic mass is 9.76. The molecule has 0 radical (unpaired) electrons. The van der Waals surface area contributed by atoms with Crippen LogP contribution in [0.1, 0.15) is 69.3 Å². The van der Waals surface area contributed by atoms with Crippen LogP contribution in [0.25, 0.3) is 0 Å². The van der Waals surface area contributed by atoms with Gasteiger partial charge in [0.25, 0.3) is 0 Å². The maximum atomic E-state index is 13.0. The summed E-state index contributed by atoms with van der Waals surface area (Å²) in [5.74, 6) is 0.0450. The van der Waals surface area contributed by atoms with E-state index in [1.165, 1.54) is 0 Å². The Morgan fingerprint density at radius 1 is 1.15 bits per heavy atom. The van der Waals surface area contributed by atoms with Gasteiger partial charge in [-0.3, -0.25) is 4.79 Å². The molecule has 2 atom stereocenters. The van der Waals surface area contributed by atoms with Gasteiger partial charge in [0.1, 0.15) is 11.5 Å². The van der Waals surface area contributed by atoms with Crippen molar-refractivity contribution in [3.63, 3.8) is 0 Å². The number of carbonyl (C=O) groups excluding carboxylic acids is 2. The third-order valence-electron chi connectivity index (χ3n) is 5.05. The predicted octanol–water partition coefficient (Wildman–Crippen LogP) is 4.94. The highest BCUT2D eigenvalue weighted by molar-refractivity contribution is 5.91. The minimum atomic E-state index is -0.721. The second kappa shape index (κ2) is 8.70. The molecule has 0 amide bonds. The van der Waals surface area contributed by atoms with Crippen LogP contribution in [-0.4, -0.2) is 24.6 Å². The number of hydrogen-bond acceptors (Lipinski definition) is 4. The molecule has 0 aromatic heterocycles. The van der Waals surface area contributed by atoms with Gasteiger partial charge in [-0.25, -0.2) is 4.79 Å². The molecule has 26 heavy (non-hydrogen) atoms. The first kappa shape index (κ1) is 20.5. The minimum Gasteiger partial charge on any atom is -0.465 e. The first-order valence-corrected chi connectivity index (χ1v) is 9.70. The van der Waals surface area contributed by atoms with E-state index in [-0.39, 0.29) is 17.9 Å². The molecule has 1 saturated carbocycles. The first-order valence-electron chi connectivity index (χ1n) is 9.70. The number of benzene rings is 1. The van der Waals surface area contributed by atoms with E-state index in [4.69, 9.17) is 9.47 Å². The molecule has 2 rings (SSSR count). The average Bonchev–Trinajstić information content (AvgIpc) is 2.95.